The van der Waals surface area contributed by atoms with Gasteiger partial charge in [-0.15, -0.1) is 0 Å². The Morgan fingerprint density at radius 1 is 0.647 bits per heavy atom. The zero-order valence-electron chi connectivity index (χ0n) is 9.00. The normalized spacial score (nSPS) is 8.00. The van der Waals surface area contributed by atoms with Gasteiger partial charge in [0.25, 0.3) is 0 Å². The average Bonchev–Trinajstić information content (AvgIpc) is 2.30. The van der Waals surface area contributed by atoms with Gasteiger partial charge in [-0.25, -0.2) is 0 Å². The smallest absolute Gasteiger partial charge is 2.00 e. The van der Waals surface area contributed by atoms with Crippen molar-refractivity contribution in [1.29, 1.82) is 0 Å². The fourth-order valence-electron chi connectivity index (χ4n) is 1.35. The van der Waals surface area contributed by atoms with E-state index in [4.69, 9.17) is 0 Å². The molecule has 3 nitrogen and oxygen atoms in total. The van der Waals surface area contributed by atoms with Gasteiger partial charge in [0.05, 0.1) is 0 Å². The van der Waals surface area contributed by atoms with Crippen molar-refractivity contribution < 1.29 is 37.5 Å². The minimum absolute atomic E-state index is 0. The zero-order valence-corrected chi connectivity index (χ0v) is 10.6. The van der Waals surface area contributed by atoms with E-state index in [-0.39, 0.29) is 38.5 Å². The van der Waals surface area contributed by atoms with Crippen LogP contribution in [-0.4, -0.2) is 5.78 Å². The van der Waals surface area contributed by atoms with Crippen molar-refractivity contribution in [3.05, 3.63) is 71.8 Å². The van der Waals surface area contributed by atoms with Gasteiger partial charge in [0.2, 0.25) is 0 Å². The molecule has 0 fully saturated rings. The molecule has 0 aromatic heterocycles. The Hall–Kier alpha value is -1.26. The Labute approximate surface area is 115 Å². The van der Waals surface area contributed by atoms with Crippen LogP contribution in [0.25, 0.3) is 0 Å². The van der Waals surface area contributed by atoms with Gasteiger partial charge >= 0.3 is 21.7 Å². The molecule has 0 bridgehead atoms. The molecule has 17 heavy (non-hydrogen) atoms. The molecule has 0 amide bonds. The summed E-state index contributed by atoms with van der Waals surface area (Å²) >= 11 is 0. The topological polar surface area (TPSA) is 74.1 Å². The first-order valence-electron chi connectivity index (χ1n) is 4.53. The number of hydrogen-bond acceptors (Lipinski definition) is 1. The summed E-state index contributed by atoms with van der Waals surface area (Å²) in [6, 6.07) is 18.6. The van der Waals surface area contributed by atoms with Gasteiger partial charge in [-0.1, -0.05) is 60.7 Å². The molecule has 0 aliphatic heterocycles. The Balaban J connectivity index is 0. The second kappa shape index (κ2) is 8.85. The van der Waals surface area contributed by atoms with E-state index < -0.39 is 0 Å². The van der Waals surface area contributed by atoms with Crippen molar-refractivity contribution in [3.8, 4) is 0 Å². The predicted molar refractivity (Wildman–Crippen MR) is 57.7 cm³/mol. The maximum absolute atomic E-state index is 11.8. The summed E-state index contributed by atoms with van der Waals surface area (Å²) in [5, 5.41) is 0. The van der Waals surface area contributed by atoms with Crippen molar-refractivity contribution in [1.82, 2.24) is 0 Å². The van der Waals surface area contributed by atoms with Crippen molar-refractivity contribution in [2.45, 2.75) is 0 Å². The summed E-state index contributed by atoms with van der Waals surface area (Å²) in [6.07, 6.45) is 0. The molecular formula is C13H10O3Ti. The van der Waals surface area contributed by atoms with Crippen molar-refractivity contribution >= 4 is 5.78 Å². The van der Waals surface area contributed by atoms with Gasteiger partial charge in [-0.05, 0) is 0 Å². The third-order valence-electron chi connectivity index (χ3n) is 2.07. The van der Waals surface area contributed by atoms with Gasteiger partial charge in [0, 0.05) is 11.1 Å². The first-order valence-corrected chi connectivity index (χ1v) is 4.53. The van der Waals surface area contributed by atoms with Gasteiger partial charge in [-0.2, -0.15) is 0 Å². The maximum atomic E-state index is 11.8. The number of rotatable bonds is 2. The minimum atomic E-state index is 0. The fourth-order valence-corrected chi connectivity index (χ4v) is 1.35. The molecule has 0 saturated carbocycles. The molecule has 2 rings (SSSR count). The second-order valence-electron chi connectivity index (χ2n) is 3.06. The summed E-state index contributed by atoms with van der Waals surface area (Å²) in [5.41, 5.74) is 1.47. The molecule has 0 aliphatic carbocycles. The SMILES string of the molecule is O=C(c1ccccc1)c1ccccc1.[O-2].[O-2].[Ti+4]. The van der Waals surface area contributed by atoms with Crippen LogP contribution in [0.4, 0.5) is 0 Å². The van der Waals surface area contributed by atoms with E-state index >= 15 is 0 Å². The van der Waals surface area contributed by atoms with Crippen LogP contribution in [-0.2, 0) is 32.7 Å². The van der Waals surface area contributed by atoms with Gasteiger partial charge in [-0.3, -0.25) is 4.79 Å². The summed E-state index contributed by atoms with van der Waals surface area (Å²) in [7, 11) is 0. The molecule has 0 unspecified atom stereocenters. The Morgan fingerprint density at radius 2 is 0.941 bits per heavy atom. The number of ketones is 1. The summed E-state index contributed by atoms with van der Waals surface area (Å²) in [4.78, 5) is 11.8. The van der Waals surface area contributed by atoms with Crippen LogP contribution in [0.3, 0.4) is 0 Å². The molecule has 0 aliphatic rings. The van der Waals surface area contributed by atoms with E-state index in [1.165, 1.54) is 0 Å². The Bertz CT molecular complexity index is 387. The van der Waals surface area contributed by atoms with E-state index in [1.54, 1.807) is 0 Å². The number of hydrogen-bond donors (Lipinski definition) is 0. The molecule has 4 heteroatoms. The average molecular weight is 262 g/mol. The quantitative estimate of drug-likeness (QED) is 0.605. The number of carbonyl (C=O) groups is 1. The molecule has 2 aromatic carbocycles. The van der Waals surface area contributed by atoms with E-state index in [0.29, 0.717) is 0 Å². The third kappa shape index (κ3) is 4.63. The maximum Gasteiger partial charge on any atom is 4.00 e. The van der Waals surface area contributed by atoms with Crippen LogP contribution in [0.2, 0.25) is 0 Å². The standard InChI is InChI=1S/C13H10O.2O.Ti/c14-13(11-7-3-1-4-8-11)12-9-5-2-6-10-12;;;/h1-10H;;;/q;2*-2;+4. The van der Waals surface area contributed by atoms with Gasteiger partial charge in [0.1, 0.15) is 0 Å². The fraction of sp³-hybridized carbons (Fsp3) is 0. The second-order valence-corrected chi connectivity index (χ2v) is 3.06. The van der Waals surface area contributed by atoms with E-state index in [2.05, 4.69) is 0 Å². The van der Waals surface area contributed by atoms with Crippen LogP contribution in [0.1, 0.15) is 15.9 Å². The van der Waals surface area contributed by atoms with E-state index in [9.17, 15) is 4.79 Å². The van der Waals surface area contributed by atoms with Crippen LogP contribution >= 0.6 is 0 Å². The molecule has 0 heterocycles. The third-order valence-corrected chi connectivity index (χ3v) is 2.07. The predicted octanol–water partition coefficient (Wildman–Crippen LogP) is 2.68. The number of benzene rings is 2. The van der Waals surface area contributed by atoms with E-state index in [0.717, 1.165) is 11.1 Å². The summed E-state index contributed by atoms with van der Waals surface area (Å²) in [6.45, 7) is 0. The zero-order chi connectivity index (χ0) is 9.80. The van der Waals surface area contributed by atoms with Crippen LogP contribution in [0, 0.1) is 0 Å². The van der Waals surface area contributed by atoms with Crippen LogP contribution in [0.5, 0.6) is 0 Å². The molecule has 2 aromatic rings. The van der Waals surface area contributed by atoms with Crippen LogP contribution in [0.15, 0.2) is 60.7 Å². The van der Waals surface area contributed by atoms with Gasteiger partial charge < -0.3 is 11.0 Å². The first kappa shape index (κ1) is 18.1. The van der Waals surface area contributed by atoms with Gasteiger partial charge in [0.15, 0.2) is 5.78 Å². The Morgan fingerprint density at radius 3 is 1.24 bits per heavy atom. The number of carbonyl (C=O) groups excluding carboxylic acids is 1. The van der Waals surface area contributed by atoms with Crippen LogP contribution < -0.4 is 0 Å². The van der Waals surface area contributed by atoms with Crippen molar-refractivity contribution in [2.24, 2.45) is 0 Å². The van der Waals surface area contributed by atoms with Crippen molar-refractivity contribution in [2.75, 3.05) is 0 Å². The molecule has 0 N–H and O–H groups in total. The summed E-state index contributed by atoms with van der Waals surface area (Å²) in [5.74, 6) is 0.0752. The molecule has 0 radical (unpaired) electrons. The first-order chi connectivity index (χ1) is 6.88. The monoisotopic (exact) mass is 262 g/mol. The minimum Gasteiger partial charge on any atom is -2.00 e. The molecule has 0 saturated heterocycles. The molecule has 84 valence electrons. The Kier molecular flexibility index (Phi) is 9.43. The summed E-state index contributed by atoms with van der Waals surface area (Å²) < 4.78 is 0. The van der Waals surface area contributed by atoms with Crippen molar-refractivity contribution in [3.63, 3.8) is 0 Å². The van der Waals surface area contributed by atoms with E-state index in [1.807, 2.05) is 60.7 Å². The molecular weight excluding hydrogens is 252 g/mol. The largest absolute Gasteiger partial charge is 4.00 e. The molecule has 0 spiro atoms. The molecule has 0 atom stereocenters.